The van der Waals surface area contributed by atoms with Crippen LogP contribution in [0.3, 0.4) is 0 Å². The van der Waals surface area contributed by atoms with Crippen LogP contribution < -0.4 is 16.4 Å². The van der Waals surface area contributed by atoms with Gasteiger partial charge in [0.2, 0.25) is 0 Å². The molecule has 1 saturated heterocycles. The molecule has 4 N–H and O–H groups in total. The fourth-order valence-electron chi connectivity index (χ4n) is 3.93. The van der Waals surface area contributed by atoms with Gasteiger partial charge in [-0.2, -0.15) is 0 Å². The van der Waals surface area contributed by atoms with Crippen LogP contribution in [0.2, 0.25) is 0 Å². The maximum absolute atomic E-state index is 12.6. The number of aromatic nitrogens is 2. The van der Waals surface area contributed by atoms with Gasteiger partial charge in [0.15, 0.2) is 0 Å². The highest BCUT2D eigenvalue weighted by molar-refractivity contribution is 6.06. The van der Waals surface area contributed by atoms with E-state index in [4.69, 9.17) is 5.73 Å². The maximum Gasteiger partial charge on any atom is 0.250 e. The van der Waals surface area contributed by atoms with Crippen molar-refractivity contribution in [2.75, 3.05) is 18.4 Å². The van der Waals surface area contributed by atoms with Crippen LogP contribution in [0, 0.1) is 5.92 Å². The molecule has 2 aromatic carbocycles. The molecule has 0 spiro atoms. The zero-order valence-corrected chi connectivity index (χ0v) is 16.7. The van der Waals surface area contributed by atoms with E-state index in [9.17, 15) is 9.59 Å². The molecule has 0 radical (unpaired) electrons. The number of fused-ring (bicyclic) bond motifs is 1. The number of ketones is 1. The van der Waals surface area contributed by atoms with Crippen LogP contribution in [0.15, 0.2) is 48.8 Å². The van der Waals surface area contributed by atoms with E-state index in [1.54, 1.807) is 12.1 Å². The lowest BCUT2D eigenvalue weighted by molar-refractivity contribution is -0.122. The SMILES string of the molecule is NC(=O)c1cccc2c(NCc3cccc(CC(=O)C4CCCNC4)c3)ncnc12. The lowest BCUT2D eigenvalue weighted by Crippen LogP contribution is -2.35. The molecule has 4 rings (SSSR count). The summed E-state index contributed by atoms with van der Waals surface area (Å²) in [5.74, 6) is 0.536. The van der Waals surface area contributed by atoms with Crippen molar-refractivity contribution in [1.82, 2.24) is 15.3 Å². The number of benzene rings is 2. The van der Waals surface area contributed by atoms with Crippen molar-refractivity contribution >= 4 is 28.4 Å². The van der Waals surface area contributed by atoms with Crippen molar-refractivity contribution in [3.8, 4) is 0 Å². The van der Waals surface area contributed by atoms with Crippen LogP contribution in [0.1, 0.15) is 34.3 Å². The topological polar surface area (TPSA) is 110 Å². The number of rotatable bonds is 7. The van der Waals surface area contributed by atoms with E-state index in [-0.39, 0.29) is 5.92 Å². The Morgan fingerprint density at radius 1 is 1.13 bits per heavy atom. The third-order valence-electron chi connectivity index (χ3n) is 5.51. The second-order valence-electron chi connectivity index (χ2n) is 7.65. The number of piperidine rings is 1. The summed E-state index contributed by atoms with van der Waals surface area (Å²) in [7, 11) is 0. The molecule has 30 heavy (non-hydrogen) atoms. The Labute approximate surface area is 175 Å². The van der Waals surface area contributed by atoms with E-state index in [1.165, 1.54) is 6.33 Å². The summed E-state index contributed by atoms with van der Waals surface area (Å²) in [5, 5.41) is 7.36. The molecular formula is C23H25N5O2. The van der Waals surface area contributed by atoms with Crippen LogP contribution in [0.25, 0.3) is 10.9 Å². The van der Waals surface area contributed by atoms with Gasteiger partial charge in [-0.05, 0) is 42.6 Å². The Bertz CT molecular complexity index is 1080. The van der Waals surface area contributed by atoms with Crippen molar-refractivity contribution in [1.29, 1.82) is 0 Å². The Kier molecular flexibility index (Phi) is 5.99. The normalized spacial score (nSPS) is 16.3. The van der Waals surface area contributed by atoms with Gasteiger partial charge in [-0.3, -0.25) is 9.59 Å². The first-order valence-electron chi connectivity index (χ1n) is 10.2. The summed E-state index contributed by atoms with van der Waals surface area (Å²) >= 11 is 0. The van der Waals surface area contributed by atoms with Gasteiger partial charge in [0.1, 0.15) is 17.9 Å². The third-order valence-corrected chi connectivity index (χ3v) is 5.51. The van der Waals surface area contributed by atoms with Crippen molar-refractivity contribution in [2.24, 2.45) is 11.7 Å². The van der Waals surface area contributed by atoms with E-state index in [1.807, 2.05) is 24.3 Å². The highest BCUT2D eigenvalue weighted by Crippen LogP contribution is 2.23. The molecule has 1 amide bonds. The molecule has 2 heterocycles. The van der Waals surface area contributed by atoms with Gasteiger partial charge >= 0.3 is 0 Å². The first-order valence-corrected chi connectivity index (χ1v) is 10.2. The monoisotopic (exact) mass is 403 g/mol. The molecular weight excluding hydrogens is 378 g/mol. The first-order chi connectivity index (χ1) is 14.6. The van der Waals surface area contributed by atoms with E-state index in [0.29, 0.717) is 35.6 Å². The molecule has 1 fully saturated rings. The van der Waals surface area contributed by atoms with Gasteiger partial charge < -0.3 is 16.4 Å². The van der Waals surface area contributed by atoms with E-state index >= 15 is 0 Å². The molecule has 1 aliphatic rings. The number of carbonyl (C=O) groups excluding carboxylic acids is 2. The second kappa shape index (κ2) is 9.00. The number of hydrogen-bond donors (Lipinski definition) is 3. The molecule has 0 aliphatic carbocycles. The van der Waals surface area contributed by atoms with E-state index < -0.39 is 5.91 Å². The molecule has 1 aliphatic heterocycles. The number of amides is 1. The predicted molar refractivity (Wildman–Crippen MR) is 116 cm³/mol. The minimum Gasteiger partial charge on any atom is -0.366 e. The molecule has 3 aromatic rings. The Balaban J connectivity index is 1.47. The maximum atomic E-state index is 12.6. The zero-order chi connectivity index (χ0) is 20.9. The predicted octanol–water partition coefficient (Wildman–Crippen LogP) is 2.45. The molecule has 7 heteroatoms. The molecule has 1 unspecified atom stereocenters. The Morgan fingerprint density at radius 2 is 1.97 bits per heavy atom. The molecule has 7 nitrogen and oxygen atoms in total. The fraction of sp³-hybridized carbons (Fsp3) is 0.304. The molecule has 0 bridgehead atoms. The summed E-state index contributed by atoms with van der Waals surface area (Å²) in [6, 6.07) is 13.3. The molecule has 154 valence electrons. The summed E-state index contributed by atoms with van der Waals surface area (Å²) in [5.41, 5.74) is 8.43. The summed E-state index contributed by atoms with van der Waals surface area (Å²) in [6.45, 7) is 2.33. The van der Waals surface area contributed by atoms with Gasteiger partial charge in [-0.1, -0.05) is 30.3 Å². The Hall–Kier alpha value is -3.32. The average Bonchev–Trinajstić information content (AvgIpc) is 2.78. The quantitative estimate of drug-likeness (QED) is 0.559. The number of para-hydroxylation sites is 1. The smallest absolute Gasteiger partial charge is 0.250 e. The van der Waals surface area contributed by atoms with Crippen LogP contribution >= 0.6 is 0 Å². The number of carbonyl (C=O) groups is 2. The minimum absolute atomic E-state index is 0.118. The van der Waals surface area contributed by atoms with E-state index in [0.717, 1.165) is 42.4 Å². The molecule has 1 aromatic heterocycles. The summed E-state index contributed by atoms with van der Waals surface area (Å²) in [6.07, 6.45) is 3.91. The van der Waals surface area contributed by atoms with E-state index in [2.05, 4.69) is 26.7 Å². The fourth-order valence-corrected chi connectivity index (χ4v) is 3.93. The minimum atomic E-state index is -0.518. The number of hydrogen-bond acceptors (Lipinski definition) is 6. The average molecular weight is 403 g/mol. The van der Waals surface area contributed by atoms with Crippen LogP contribution in [-0.4, -0.2) is 34.7 Å². The van der Waals surface area contributed by atoms with Crippen molar-refractivity contribution in [3.63, 3.8) is 0 Å². The number of Topliss-reactive ketones (excluding diaryl/α,β-unsaturated/α-hetero) is 1. The summed E-state index contributed by atoms with van der Waals surface area (Å²) in [4.78, 5) is 32.8. The van der Waals surface area contributed by atoms with Gasteiger partial charge in [0.25, 0.3) is 5.91 Å². The summed E-state index contributed by atoms with van der Waals surface area (Å²) < 4.78 is 0. The largest absolute Gasteiger partial charge is 0.366 e. The second-order valence-corrected chi connectivity index (χ2v) is 7.65. The number of primary amides is 1. The lowest BCUT2D eigenvalue weighted by Gasteiger charge is -2.21. The number of nitrogens with two attached hydrogens (primary N) is 1. The van der Waals surface area contributed by atoms with Gasteiger partial charge in [-0.15, -0.1) is 0 Å². The highest BCUT2D eigenvalue weighted by atomic mass is 16.1. The van der Waals surface area contributed by atoms with Crippen LogP contribution in [0.5, 0.6) is 0 Å². The highest BCUT2D eigenvalue weighted by Gasteiger charge is 2.20. The van der Waals surface area contributed by atoms with Crippen LogP contribution in [0.4, 0.5) is 5.82 Å². The van der Waals surface area contributed by atoms with Gasteiger partial charge in [0.05, 0.1) is 11.1 Å². The third kappa shape index (κ3) is 4.46. The zero-order valence-electron chi connectivity index (χ0n) is 16.7. The number of nitrogens with zero attached hydrogens (tertiary/aromatic N) is 2. The number of nitrogens with one attached hydrogen (secondary N) is 2. The van der Waals surface area contributed by atoms with Gasteiger partial charge in [-0.25, -0.2) is 9.97 Å². The molecule has 0 saturated carbocycles. The van der Waals surface area contributed by atoms with Crippen molar-refractivity contribution in [2.45, 2.75) is 25.8 Å². The van der Waals surface area contributed by atoms with Crippen LogP contribution in [-0.2, 0) is 17.8 Å². The standard InChI is InChI=1S/C23H25N5O2/c24-22(30)18-7-2-8-19-21(18)27-14-28-23(19)26-12-16-5-1-4-15(10-16)11-20(29)17-6-3-9-25-13-17/h1-2,4-5,7-8,10,14,17,25H,3,6,9,11-13H2,(H2,24,30)(H,26,27,28). The lowest BCUT2D eigenvalue weighted by atomic mass is 9.91. The number of anilines is 1. The first kappa shape index (κ1) is 20.0. The van der Waals surface area contributed by atoms with Crippen molar-refractivity contribution in [3.05, 3.63) is 65.5 Å². The molecule has 1 atom stereocenters. The Morgan fingerprint density at radius 3 is 2.77 bits per heavy atom. The van der Waals surface area contributed by atoms with Crippen molar-refractivity contribution < 1.29 is 9.59 Å². The van der Waals surface area contributed by atoms with Gasteiger partial charge in [0, 0.05) is 30.8 Å².